The van der Waals surface area contributed by atoms with Crippen LogP contribution in [0.15, 0.2) is 30.3 Å². The Bertz CT molecular complexity index is 480. The number of nitrogens with one attached hydrogen (secondary N) is 2. The molecule has 0 aromatic heterocycles. The molecule has 21 heavy (non-hydrogen) atoms. The molecule has 0 unspecified atom stereocenters. The fraction of sp³-hybridized carbons (Fsp3) is 0.500. The molecule has 0 aliphatic carbocycles. The van der Waals surface area contributed by atoms with Gasteiger partial charge in [-0.3, -0.25) is 4.79 Å². The molecule has 0 saturated carbocycles. The van der Waals surface area contributed by atoms with E-state index in [9.17, 15) is 9.59 Å². The fourth-order valence-corrected chi connectivity index (χ4v) is 2.83. The zero-order chi connectivity index (χ0) is 15.2. The molecule has 1 aromatic carbocycles. The lowest BCUT2D eigenvalue weighted by Crippen LogP contribution is -2.47. The van der Waals surface area contributed by atoms with Gasteiger partial charge in [0.25, 0.3) is 0 Å². The number of piperidine rings is 1. The fourth-order valence-electron chi connectivity index (χ4n) is 2.83. The standard InChI is InChI=1S/C16H23N3O2/c1-12-8-13(2)11-19(10-12)15(20)9-17-16(21)18-14-6-4-3-5-7-14/h3-7,12-13H,8-11H2,1-2H3,(H2,17,18,21)/t12-,13-/m0/s1. The molecule has 1 aromatic rings. The number of benzene rings is 1. The Morgan fingerprint density at radius 3 is 2.38 bits per heavy atom. The molecule has 0 bridgehead atoms. The van der Waals surface area contributed by atoms with E-state index in [0.29, 0.717) is 17.5 Å². The van der Waals surface area contributed by atoms with Crippen molar-refractivity contribution in [2.75, 3.05) is 25.0 Å². The van der Waals surface area contributed by atoms with Crippen molar-refractivity contribution < 1.29 is 9.59 Å². The van der Waals surface area contributed by atoms with Crippen LogP contribution in [0.25, 0.3) is 0 Å². The number of para-hydroxylation sites is 1. The average Bonchev–Trinajstić information content (AvgIpc) is 2.45. The van der Waals surface area contributed by atoms with E-state index in [1.165, 1.54) is 0 Å². The van der Waals surface area contributed by atoms with Crippen molar-refractivity contribution in [2.24, 2.45) is 11.8 Å². The van der Waals surface area contributed by atoms with Crippen LogP contribution >= 0.6 is 0 Å². The highest BCUT2D eigenvalue weighted by molar-refractivity contribution is 5.92. The SMILES string of the molecule is C[C@H]1C[C@H](C)CN(C(=O)CNC(=O)Nc2ccccc2)C1. The number of carbonyl (C=O) groups is 2. The van der Waals surface area contributed by atoms with Crippen LogP contribution in [0.5, 0.6) is 0 Å². The molecule has 1 saturated heterocycles. The zero-order valence-corrected chi connectivity index (χ0v) is 12.6. The molecular weight excluding hydrogens is 266 g/mol. The lowest BCUT2D eigenvalue weighted by Gasteiger charge is -2.35. The lowest BCUT2D eigenvalue weighted by atomic mass is 9.92. The number of likely N-dealkylation sites (tertiary alicyclic amines) is 1. The second kappa shape index (κ2) is 7.11. The molecule has 5 nitrogen and oxygen atoms in total. The molecule has 1 aliphatic rings. The molecule has 3 amide bonds. The van der Waals surface area contributed by atoms with Gasteiger partial charge in [0.05, 0.1) is 6.54 Å². The van der Waals surface area contributed by atoms with Gasteiger partial charge in [-0.25, -0.2) is 4.79 Å². The molecule has 2 N–H and O–H groups in total. The van der Waals surface area contributed by atoms with E-state index in [1.807, 2.05) is 23.1 Å². The monoisotopic (exact) mass is 289 g/mol. The molecule has 1 heterocycles. The van der Waals surface area contributed by atoms with E-state index in [0.717, 1.165) is 19.5 Å². The Kier molecular flexibility index (Phi) is 5.20. The number of amides is 3. The highest BCUT2D eigenvalue weighted by Crippen LogP contribution is 2.20. The van der Waals surface area contributed by atoms with Gasteiger partial charge in [-0.1, -0.05) is 32.0 Å². The van der Waals surface area contributed by atoms with Crippen molar-refractivity contribution in [1.82, 2.24) is 10.2 Å². The van der Waals surface area contributed by atoms with Crippen LogP contribution in [0.4, 0.5) is 10.5 Å². The Balaban J connectivity index is 1.77. The van der Waals surface area contributed by atoms with Crippen molar-refractivity contribution in [3.8, 4) is 0 Å². The third-order valence-electron chi connectivity index (χ3n) is 3.65. The van der Waals surface area contributed by atoms with Gasteiger partial charge in [-0.05, 0) is 30.4 Å². The van der Waals surface area contributed by atoms with Gasteiger partial charge in [-0.15, -0.1) is 0 Å². The van der Waals surface area contributed by atoms with Crippen molar-refractivity contribution >= 4 is 17.6 Å². The first-order valence-electron chi connectivity index (χ1n) is 7.42. The molecule has 0 spiro atoms. The average molecular weight is 289 g/mol. The normalized spacial score (nSPS) is 21.7. The molecule has 1 fully saturated rings. The van der Waals surface area contributed by atoms with Gasteiger partial charge < -0.3 is 15.5 Å². The van der Waals surface area contributed by atoms with E-state index in [2.05, 4.69) is 24.5 Å². The van der Waals surface area contributed by atoms with Crippen molar-refractivity contribution in [3.63, 3.8) is 0 Å². The van der Waals surface area contributed by atoms with E-state index >= 15 is 0 Å². The summed E-state index contributed by atoms with van der Waals surface area (Å²) >= 11 is 0. The summed E-state index contributed by atoms with van der Waals surface area (Å²) in [7, 11) is 0. The van der Waals surface area contributed by atoms with Gasteiger partial charge in [-0.2, -0.15) is 0 Å². The topological polar surface area (TPSA) is 61.4 Å². The lowest BCUT2D eigenvalue weighted by molar-refractivity contribution is -0.132. The van der Waals surface area contributed by atoms with Crippen LogP contribution in [0.3, 0.4) is 0 Å². The minimum atomic E-state index is -0.354. The second-order valence-electron chi connectivity index (χ2n) is 5.92. The van der Waals surface area contributed by atoms with Crippen LogP contribution in [-0.4, -0.2) is 36.5 Å². The maximum Gasteiger partial charge on any atom is 0.319 e. The van der Waals surface area contributed by atoms with Crippen molar-refractivity contribution in [3.05, 3.63) is 30.3 Å². The van der Waals surface area contributed by atoms with Crippen LogP contribution in [0.2, 0.25) is 0 Å². The van der Waals surface area contributed by atoms with Gasteiger partial charge in [0, 0.05) is 18.8 Å². The van der Waals surface area contributed by atoms with Crippen molar-refractivity contribution in [1.29, 1.82) is 0 Å². The van der Waals surface area contributed by atoms with E-state index in [1.54, 1.807) is 12.1 Å². The number of rotatable bonds is 3. The largest absolute Gasteiger partial charge is 0.341 e. The van der Waals surface area contributed by atoms with Crippen molar-refractivity contribution in [2.45, 2.75) is 20.3 Å². The predicted octanol–water partition coefficient (Wildman–Crippen LogP) is 2.31. The molecule has 114 valence electrons. The highest BCUT2D eigenvalue weighted by atomic mass is 16.2. The minimum absolute atomic E-state index is 0.0170. The van der Waals surface area contributed by atoms with E-state index < -0.39 is 0 Å². The number of nitrogens with zero attached hydrogens (tertiary/aromatic N) is 1. The summed E-state index contributed by atoms with van der Waals surface area (Å²) in [6, 6.07) is 8.82. The van der Waals surface area contributed by atoms with Gasteiger partial charge in [0.1, 0.15) is 0 Å². The summed E-state index contributed by atoms with van der Waals surface area (Å²) in [5, 5.41) is 5.31. The van der Waals surface area contributed by atoms with Gasteiger partial charge in [0.15, 0.2) is 0 Å². The summed E-state index contributed by atoms with van der Waals surface area (Å²) in [5.41, 5.74) is 0.711. The maximum atomic E-state index is 12.1. The Morgan fingerprint density at radius 1 is 1.14 bits per heavy atom. The van der Waals surface area contributed by atoms with Gasteiger partial charge in [0.2, 0.25) is 5.91 Å². The number of hydrogen-bond acceptors (Lipinski definition) is 2. The summed E-state index contributed by atoms with van der Waals surface area (Å²) < 4.78 is 0. The molecular formula is C16H23N3O2. The molecule has 2 rings (SSSR count). The second-order valence-corrected chi connectivity index (χ2v) is 5.92. The van der Waals surface area contributed by atoms with Crippen LogP contribution in [0.1, 0.15) is 20.3 Å². The van der Waals surface area contributed by atoms with Gasteiger partial charge >= 0.3 is 6.03 Å². The van der Waals surface area contributed by atoms with Crippen LogP contribution in [-0.2, 0) is 4.79 Å². The zero-order valence-electron chi connectivity index (χ0n) is 12.6. The number of urea groups is 1. The molecule has 1 aliphatic heterocycles. The summed E-state index contributed by atoms with van der Waals surface area (Å²) in [4.78, 5) is 25.7. The maximum absolute atomic E-state index is 12.1. The first-order valence-corrected chi connectivity index (χ1v) is 7.42. The first kappa shape index (κ1) is 15.4. The number of hydrogen-bond donors (Lipinski definition) is 2. The summed E-state index contributed by atoms with van der Waals surface area (Å²) in [5.74, 6) is 1.03. The number of carbonyl (C=O) groups excluding carboxylic acids is 2. The smallest absolute Gasteiger partial charge is 0.319 e. The van der Waals surface area contributed by atoms with Crippen LogP contribution < -0.4 is 10.6 Å². The van der Waals surface area contributed by atoms with E-state index in [-0.39, 0.29) is 18.5 Å². The molecule has 5 heteroatoms. The Hall–Kier alpha value is -2.04. The minimum Gasteiger partial charge on any atom is -0.341 e. The number of anilines is 1. The highest BCUT2D eigenvalue weighted by Gasteiger charge is 2.25. The summed E-state index contributed by atoms with van der Waals surface area (Å²) in [6.45, 7) is 5.92. The van der Waals surface area contributed by atoms with E-state index in [4.69, 9.17) is 0 Å². The summed E-state index contributed by atoms with van der Waals surface area (Å²) in [6.07, 6.45) is 1.16. The predicted molar refractivity (Wildman–Crippen MR) is 83.0 cm³/mol. The molecule has 0 radical (unpaired) electrons. The van der Waals surface area contributed by atoms with Crippen LogP contribution in [0, 0.1) is 11.8 Å². The molecule has 2 atom stereocenters. The first-order chi connectivity index (χ1) is 10.0. The third-order valence-corrected chi connectivity index (χ3v) is 3.65. The quantitative estimate of drug-likeness (QED) is 0.897. The Morgan fingerprint density at radius 2 is 1.76 bits per heavy atom. The third kappa shape index (κ3) is 4.77. The Labute approximate surface area is 125 Å².